The number of aliphatic imine (C=N–C) groups is 1. The minimum Gasteiger partial charge on any atom is -0.469 e. The van der Waals surface area contributed by atoms with E-state index >= 15 is 0 Å². The number of ether oxygens (including phenoxy) is 2. The molecule has 8 nitrogen and oxygen atoms in total. The minimum absolute atomic E-state index is 0.111. The lowest BCUT2D eigenvalue weighted by atomic mass is 9.97. The Kier molecular flexibility index (Phi) is 7.55. The van der Waals surface area contributed by atoms with Gasteiger partial charge in [0.1, 0.15) is 5.60 Å². The van der Waals surface area contributed by atoms with E-state index < -0.39 is 5.60 Å². The normalized spacial score (nSPS) is 24.3. The van der Waals surface area contributed by atoms with Crippen molar-refractivity contribution in [3.63, 3.8) is 0 Å². The number of nitrogens with zero attached hydrogens (tertiary/aromatic N) is 3. The second-order valence-electron chi connectivity index (χ2n) is 8.85. The van der Waals surface area contributed by atoms with Crippen LogP contribution in [0.5, 0.6) is 0 Å². The first-order valence-corrected chi connectivity index (χ1v) is 10.2. The van der Waals surface area contributed by atoms with E-state index in [9.17, 15) is 9.59 Å². The van der Waals surface area contributed by atoms with Gasteiger partial charge in [-0.3, -0.25) is 9.79 Å². The van der Waals surface area contributed by atoms with Gasteiger partial charge >= 0.3 is 12.1 Å². The SMILES string of the molecule is CN=C(NCC1CCN(C(=O)OC(C)(C)C)CC1)N1CC(C)C(C(=O)OC)C1. The Morgan fingerprint density at radius 2 is 1.79 bits per heavy atom. The predicted octanol–water partition coefficient (Wildman–Crippen LogP) is 1.95. The van der Waals surface area contributed by atoms with Gasteiger partial charge in [0, 0.05) is 39.8 Å². The molecule has 0 radical (unpaired) electrons. The summed E-state index contributed by atoms with van der Waals surface area (Å²) in [6, 6.07) is 0. The number of hydrogen-bond donors (Lipinski definition) is 1. The topological polar surface area (TPSA) is 83.5 Å². The number of carbonyl (C=O) groups is 2. The summed E-state index contributed by atoms with van der Waals surface area (Å²) in [5.74, 6) is 1.28. The first-order valence-electron chi connectivity index (χ1n) is 10.2. The van der Waals surface area contributed by atoms with Gasteiger partial charge in [-0.05, 0) is 45.4 Å². The van der Waals surface area contributed by atoms with Crippen LogP contribution in [0.15, 0.2) is 4.99 Å². The van der Waals surface area contributed by atoms with E-state index in [1.54, 1.807) is 11.9 Å². The molecule has 160 valence electrons. The highest BCUT2D eigenvalue weighted by molar-refractivity contribution is 5.82. The number of piperidine rings is 1. The molecule has 0 saturated carbocycles. The molecule has 28 heavy (non-hydrogen) atoms. The molecule has 0 bridgehead atoms. The summed E-state index contributed by atoms with van der Waals surface area (Å²) in [5.41, 5.74) is -0.461. The van der Waals surface area contributed by atoms with Crippen molar-refractivity contribution in [2.24, 2.45) is 22.7 Å². The summed E-state index contributed by atoms with van der Waals surface area (Å²) in [5, 5.41) is 3.45. The third kappa shape index (κ3) is 6.01. The number of carbonyl (C=O) groups excluding carboxylic acids is 2. The maximum Gasteiger partial charge on any atom is 0.410 e. The Morgan fingerprint density at radius 3 is 2.32 bits per heavy atom. The molecule has 2 heterocycles. The van der Waals surface area contributed by atoms with Crippen LogP contribution in [-0.2, 0) is 14.3 Å². The molecule has 2 atom stereocenters. The quantitative estimate of drug-likeness (QED) is 0.446. The fourth-order valence-corrected chi connectivity index (χ4v) is 3.81. The van der Waals surface area contributed by atoms with E-state index in [4.69, 9.17) is 9.47 Å². The van der Waals surface area contributed by atoms with Crippen LogP contribution >= 0.6 is 0 Å². The van der Waals surface area contributed by atoms with Crippen molar-refractivity contribution in [1.29, 1.82) is 0 Å². The third-order valence-electron chi connectivity index (χ3n) is 5.44. The van der Waals surface area contributed by atoms with Gasteiger partial charge in [0.05, 0.1) is 13.0 Å². The highest BCUT2D eigenvalue weighted by Crippen LogP contribution is 2.24. The number of rotatable bonds is 3. The molecule has 2 fully saturated rings. The second-order valence-corrected chi connectivity index (χ2v) is 8.85. The zero-order valence-corrected chi connectivity index (χ0v) is 18.2. The molecular weight excluding hydrogens is 360 g/mol. The summed E-state index contributed by atoms with van der Waals surface area (Å²) in [7, 11) is 3.21. The first kappa shape index (κ1) is 22.3. The van der Waals surface area contributed by atoms with Crippen molar-refractivity contribution in [1.82, 2.24) is 15.1 Å². The summed E-state index contributed by atoms with van der Waals surface area (Å²) in [6.45, 7) is 11.4. The van der Waals surface area contributed by atoms with Crippen molar-refractivity contribution in [2.45, 2.75) is 46.1 Å². The second kappa shape index (κ2) is 9.47. The molecule has 0 aromatic carbocycles. The first-order chi connectivity index (χ1) is 13.1. The van der Waals surface area contributed by atoms with Crippen molar-refractivity contribution in [3.8, 4) is 0 Å². The van der Waals surface area contributed by atoms with Crippen LogP contribution in [0.1, 0.15) is 40.5 Å². The Bertz CT molecular complexity index is 579. The van der Waals surface area contributed by atoms with Crippen molar-refractivity contribution < 1.29 is 19.1 Å². The van der Waals surface area contributed by atoms with Crippen LogP contribution in [0.3, 0.4) is 0 Å². The molecule has 2 saturated heterocycles. The van der Waals surface area contributed by atoms with Crippen LogP contribution in [-0.4, -0.2) is 80.3 Å². The van der Waals surface area contributed by atoms with Crippen molar-refractivity contribution >= 4 is 18.0 Å². The number of methoxy groups -OCH3 is 1. The average Bonchev–Trinajstić information content (AvgIpc) is 3.02. The maximum absolute atomic E-state index is 12.2. The highest BCUT2D eigenvalue weighted by Gasteiger charge is 2.37. The molecular formula is C20H36N4O4. The fraction of sp³-hybridized carbons (Fsp3) is 0.850. The monoisotopic (exact) mass is 396 g/mol. The lowest BCUT2D eigenvalue weighted by molar-refractivity contribution is -0.146. The zero-order valence-electron chi connectivity index (χ0n) is 18.2. The summed E-state index contributed by atoms with van der Waals surface area (Å²) >= 11 is 0. The van der Waals surface area contributed by atoms with Gasteiger partial charge in [0.15, 0.2) is 5.96 Å². The smallest absolute Gasteiger partial charge is 0.410 e. The highest BCUT2D eigenvalue weighted by atomic mass is 16.6. The number of nitrogens with one attached hydrogen (secondary N) is 1. The number of amides is 1. The van der Waals surface area contributed by atoms with E-state index in [2.05, 4.69) is 22.1 Å². The Hall–Kier alpha value is -1.99. The molecule has 2 aliphatic rings. The molecule has 0 aromatic rings. The number of likely N-dealkylation sites (tertiary alicyclic amines) is 2. The van der Waals surface area contributed by atoms with E-state index in [0.29, 0.717) is 25.6 Å². The molecule has 0 aliphatic carbocycles. The van der Waals surface area contributed by atoms with Gasteiger partial charge in [0.2, 0.25) is 0 Å². The van der Waals surface area contributed by atoms with Gasteiger partial charge in [-0.25, -0.2) is 4.79 Å². The molecule has 0 spiro atoms. The van der Waals surface area contributed by atoms with E-state index in [0.717, 1.165) is 31.9 Å². The lowest BCUT2D eigenvalue weighted by Gasteiger charge is -2.34. The summed E-state index contributed by atoms with van der Waals surface area (Å²) in [6.07, 6.45) is 1.64. The molecule has 8 heteroatoms. The number of guanidine groups is 1. The van der Waals surface area contributed by atoms with Crippen LogP contribution in [0.2, 0.25) is 0 Å². The van der Waals surface area contributed by atoms with Crippen LogP contribution < -0.4 is 5.32 Å². The number of hydrogen-bond acceptors (Lipinski definition) is 5. The molecule has 2 unspecified atom stereocenters. The summed E-state index contributed by atoms with van der Waals surface area (Å²) < 4.78 is 10.4. The summed E-state index contributed by atoms with van der Waals surface area (Å²) in [4.78, 5) is 32.4. The van der Waals surface area contributed by atoms with E-state index in [-0.39, 0.29) is 23.9 Å². The molecule has 1 amide bonds. The molecule has 0 aromatic heterocycles. The molecule has 1 N–H and O–H groups in total. The van der Waals surface area contributed by atoms with Gasteiger partial charge in [-0.2, -0.15) is 0 Å². The Labute approximate surface area is 168 Å². The maximum atomic E-state index is 12.2. The van der Waals surface area contributed by atoms with Crippen molar-refractivity contribution in [3.05, 3.63) is 0 Å². The van der Waals surface area contributed by atoms with Gasteiger partial charge < -0.3 is 24.6 Å². The third-order valence-corrected chi connectivity index (χ3v) is 5.44. The van der Waals surface area contributed by atoms with Crippen molar-refractivity contribution in [2.75, 3.05) is 46.9 Å². The van der Waals surface area contributed by atoms with Gasteiger partial charge in [0.25, 0.3) is 0 Å². The Morgan fingerprint density at radius 1 is 1.14 bits per heavy atom. The predicted molar refractivity (Wildman–Crippen MR) is 108 cm³/mol. The van der Waals surface area contributed by atoms with Crippen LogP contribution in [0, 0.1) is 17.8 Å². The largest absolute Gasteiger partial charge is 0.469 e. The standard InChI is InChI=1S/C20H36N4O4/c1-14-12-24(13-16(14)17(25)27-6)18(21-5)22-11-15-7-9-23(10-8-15)19(26)28-20(2,3)4/h14-16H,7-13H2,1-6H3,(H,21,22). The average molecular weight is 397 g/mol. The zero-order chi connectivity index (χ0) is 20.9. The Balaban J connectivity index is 1.78. The molecule has 2 rings (SSSR count). The molecule has 2 aliphatic heterocycles. The van der Waals surface area contributed by atoms with Gasteiger partial charge in [-0.15, -0.1) is 0 Å². The van der Waals surface area contributed by atoms with Crippen LogP contribution in [0.25, 0.3) is 0 Å². The van der Waals surface area contributed by atoms with Crippen LogP contribution in [0.4, 0.5) is 4.79 Å². The lowest BCUT2D eigenvalue weighted by Crippen LogP contribution is -2.46. The minimum atomic E-state index is -0.461. The van der Waals surface area contributed by atoms with E-state index in [1.165, 1.54) is 7.11 Å². The number of esters is 1. The van der Waals surface area contributed by atoms with E-state index in [1.807, 2.05) is 20.8 Å². The fourth-order valence-electron chi connectivity index (χ4n) is 3.81. The van der Waals surface area contributed by atoms with Gasteiger partial charge in [-0.1, -0.05) is 6.92 Å².